The van der Waals surface area contributed by atoms with E-state index in [4.69, 9.17) is 4.74 Å². The summed E-state index contributed by atoms with van der Waals surface area (Å²) in [5, 5.41) is 10.1. The molecule has 102 valence electrons. The number of rotatable bonds is 6. The number of aromatic hydroxyl groups is 1. The van der Waals surface area contributed by atoms with Crippen molar-refractivity contribution in [2.24, 2.45) is 5.92 Å². The summed E-state index contributed by atoms with van der Waals surface area (Å²) in [5.41, 5.74) is 0.957. The molecule has 0 saturated carbocycles. The molecule has 0 radical (unpaired) electrons. The number of phenols is 1. The molecule has 0 aromatic heterocycles. The van der Waals surface area contributed by atoms with Crippen LogP contribution in [0.2, 0.25) is 0 Å². The van der Waals surface area contributed by atoms with Crippen molar-refractivity contribution in [3.8, 4) is 11.5 Å². The van der Waals surface area contributed by atoms with Crippen molar-refractivity contribution in [3.05, 3.63) is 23.8 Å². The van der Waals surface area contributed by atoms with Crippen molar-refractivity contribution in [3.63, 3.8) is 0 Å². The van der Waals surface area contributed by atoms with Gasteiger partial charge in [-0.15, -0.1) is 0 Å². The number of ether oxygens (including phenoxy) is 1. The van der Waals surface area contributed by atoms with E-state index in [-0.39, 0.29) is 6.04 Å². The molecular weight excluding hydrogens is 226 g/mol. The molecule has 1 rings (SSSR count). The van der Waals surface area contributed by atoms with Gasteiger partial charge in [0.25, 0.3) is 0 Å². The standard InChI is InChI=1S/C15H25NO2/c1-6-16(10-11(2)3)12(4)14-8-7-13(18-5)9-15(14)17/h7-9,11-12,17H,6,10H2,1-5H3. The maximum absolute atomic E-state index is 10.1. The van der Waals surface area contributed by atoms with Gasteiger partial charge in [0, 0.05) is 24.2 Å². The Hall–Kier alpha value is -1.22. The summed E-state index contributed by atoms with van der Waals surface area (Å²) in [5.74, 6) is 1.62. The van der Waals surface area contributed by atoms with E-state index in [0.29, 0.717) is 17.4 Å². The Labute approximate surface area is 110 Å². The molecule has 0 aliphatic rings. The Kier molecular flexibility index (Phi) is 5.48. The van der Waals surface area contributed by atoms with Crippen molar-refractivity contribution >= 4 is 0 Å². The van der Waals surface area contributed by atoms with Crippen LogP contribution in [0.4, 0.5) is 0 Å². The molecule has 1 aromatic rings. The number of hydrogen-bond donors (Lipinski definition) is 1. The minimum atomic E-state index is 0.211. The average Bonchev–Trinajstić information content (AvgIpc) is 2.34. The average molecular weight is 251 g/mol. The van der Waals surface area contributed by atoms with Crippen LogP contribution in [0.5, 0.6) is 11.5 Å². The van der Waals surface area contributed by atoms with Gasteiger partial charge in [-0.3, -0.25) is 4.90 Å². The fourth-order valence-electron chi connectivity index (χ4n) is 2.23. The Balaban J connectivity index is 2.90. The largest absolute Gasteiger partial charge is 0.507 e. The van der Waals surface area contributed by atoms with Crippen molar-refractivity contribution in [1.29, 1.82) is 0 Å². The maximum Gasteiger partial charge on any atom is 0.124 e. The first-order chi connectivity index (χ1) is 8.49. The van der Waals surface area contributed by atoms with E-state index in [1.54, 1.807) is 13.2 Å². The highest BCUT2D eigenvalue weighted by molar-refractivity contribution is 5.41. The van der Waals surface area contributed by atoms with E-state index in [1.807, 2.05) is 12.1 Å². The summed E-state index contributed by atoms with van der Waals surface area (Å²) in [6.45, 7) is 10.7. The van der Waals surface area contributed by atoms with Gasteiger partial charge in [-0.2, -0.15) is 0 Å². The Morgan fingerprint density at radius 3 is 2.39 bits per heavy atom. The maximum atomic E-state index is 10.1. The highest BCUT2D eigenvalue weighted by atomic mass is 16.5. The van der Waals surface area contributed by atoms with Crippen molar-refractivity contribution in [2.75, 3.05) is 20.2 Å². The van der Waals surface area contributed by atoms with Gasteiger partial charge in [-0.25, -0.2) is 0 Å². The molecule has 3 heteroatoms. The van der Waals surface area contributed by atoms with Gasteiger partial charge in [0.2, 0.25) is 0 Å². The molecule has 1 N–H and O–H groups in total. The second-order valence-corrected chi connectivity index (χ2v) is 5.08. The lowest BCUT2D eigenvalue weighted by molar-refractivity contribution is 0.194. The van der Waals surface area contributed by atoms with Crippen LogP contribution >= 0.6 is 0 Å². The van der Waals surface area contributed by atoms with Crippen LogP contribution in [0.25, 0.3) is 0 Å². The second-order valence-electron chi connectivity index (χ2n) is 5.08. The lowest BCUT2D eigenvalue weighted by Crippen LogP contribution is -2.30. The third kappa shape index (κ3) is 3.64. The first-order valence-corrected chi connectivity index (χ1v) is 6.60. The number of phenolic OH excluding ortho intramolecular Hbond substituents is 1. The Morgan fingerprint density at radius 1 is 1.28 bits per heavy atom. The summed E-state index contributed by atoms with van der Waals surface area (Å²) in [6, 6.07) is 5.73. The first-order valence-electron chi connectivity index (χ1n) is 6.60. The monoisotopic (exact) mass is 251 g/mol. The summed E-state index contributed by atoms with van der Waals surface area (Å²) in [6.07, 6.45) is 0. The Bertz CT molecular complexity index is 377. The van der Waals surface area contributed by atoms with Crippen LogP contribution in [0.1, 0.15) is 39.3 Å². The summed E-state index contributed by atoms with van der Waals surface area (Å²) in [4.78, 5) is 2.37. The molecule has 3 nitrogen and oxygen atoms in total. The number of methoxy groups -OCH3 is 1. The molecule has 1 atom stereocenters. The first kappa shape index (κ1) is 14.8. The molecule has 1 aromatic carbocycles. The van der Waals surface area contributed by atoms with Crippen molar-refractivity contribution in [2.45, 2.75) is 33.7 Å². The van der Waals surface area contributed by atoms with Crippen molar-refractivity contribution in [1.82, 2.24) is 4.90 Å². The molecule has 0 aliphatic carbocycles. The molecule has 0 saturated heterocycles. The SMILES string of the molecule is CCN(CC(C)C)C(C)c1ccc(OC)cc1O. The normalized spacial score (nSPS) is 13.1. The predicted octanol–water partition coefficient (Wildman–Crippen LogP) is 3.44. The van der Waals surface area contributed by atoms with Crippen LogP contribution in [0.15, 0.2) is 18.2 Å². The lowest BCUT2D eigenvalue weighted by Gasteiger charge is -2.30. The molecule has 0 fully saturated rings. The highest BCUT2D eigenvalue weighted by Crippen LogP contribution is 2.31. The molecule has 0 spiro atoms. The summed E-state index contributed by atoms with van der Waals surface area (Å²) in [7, 11) is 1.61. The highest BCUT2D eigenvalue weighted by Gasteiger charge is 2.18. The third-order valence-electron chi connectivity index (χ3n) is 3.24. The number of benzene rings is 1. The third-order valence-corrected chi connectivity index (χ3v) is 3.24. The molecule has 0 amide bonds. The molecule has 0 bridgehead atoms. The zero-order valence-electron chi connectivity index (χ0n) is 12.1. The smallest absolute Gasteiger partial charge is 0.124 e. The molecular formula is C15H25NO2. The second kappa shape index (κ2) is 6.64. The fourth-order valence-corrected chi connectivity index (χ4v) is 2.23. The van der Waals surface area contributed by atoms with Crippen LogP contribution in [-0.4, -0.2) is 30.2 Å². The van der Waals surface area contributed by atoms with E-state index < -0.39 is 0 Å². The van der Waals surface area contributed by atoms with Crippen LogP contribution in [0, 0.1) is 5.92 Å². The van der Waals surface area contributed by atoms with Gasteiger partial charge >= 0.3 is 0 Å². The van der Waals surface area contributed by atoms with Crippen molar-refractivity contribution < 1.29 is 9.84 Å². The number of nitrogens with zero attached hydrogens (tertiary/aromatic N) is 1. The van der Waals surface area contributed by atoms with Gasteiger partial charge in [-0.05, 0) is 25.5 Å². The van der Waals surface area contributed by atoms with E-state index in [0.717, 1.165) is 18.7 Å². The van der Waals surface area contributed by atoms with Crippen LogP contribution in [0.3, 0.4) is 0 Å². The van der Waals surface area contributed by atoms with Gasteiger partial charge in [0.1, 0.15) is 11.5 Å². The molecule has 18 heavy (non-hydrogen) atoms. The van der Waals surface area contributed by atoms with E-state index in [9.17, 15) is 5.11 Å². The van der Waals surface area contributed by atoms with Gasteiger partial charge in [0.15, 0.2) is 0 Å². The topological polar surface area (TPSA) is 32.7 Å². The van der Waals surface area contributed by atoms with Crippen LogP contribution < -0.4 is 4.74 Å². The summed E-state index contributed by atoms with van der Waals surface area (Å²) >= 11 is 0. The number of hydrogen-bond acceptors (Lipinski definition) is 3. The fraction of sp³-hybridized carbons (Fsp3) is 0.600. The van der Waals surface area contributed by atoms with E-state index >= 15 is 0 Å². The minimum absolute atomic E-state index is 0.211. The zero-order valence-corrected chi connectivity index (χ0v) is 12.1. The lowest BCUT2D eigenvalue weighted by atomic mass is 10.0. The molecule has 1 unspecified atom stereocenters. The predicted molar refractivity (Wildman–Crippen MR) is 75.2 cm³/mol. The molecule has 0 heterocycles. The van der Waals surface area contributed by atoms with Gasteiger partial charge < -0.3 is 9.84 Å². The zero-order chi connectivity index (χ0) is 13.7. The minimum Gasteiger partial charge on any atom is -0.507 e. The Morgan fingerprint density at radius 2 is 1.94 bits per heavy atom. The molecule has 0 aliphatic heterocycles. The van der Waals surface area contributed by atoms with E-state index in [2.05, 4.69) is 32.6 Å². The summed E-state index contributed by atoms with van der Waals surface area (Å²) < 4.78 is 5.11. The van der Waals surface area contributed by atoms with Gasteiger partial charge in [0.05, 0.1) is 7.11 Å². The van der Waals surface area contributed by atoms with Crippen LogP contribution in [-0.2, 0) is 0 Å². The van der Waals surface area contributed by atoms with E-state index in [1.165, 1.54) is 0 Å². The van der Waals surface area contributed by atoms with Gasteiger partial charge in [-0.1, -0.05) is 26.8 Å². The quantitative estimate of drug-likeness (QED) is 0.840.